The number of nitrogens with zero attached hydrogens (tertiary/aromatic N) is 1. The molecule has 0 aliphatic carbocycles. The highest BCUT2D eigenvalue weighted by Gasteiger charge is 2.19. The number of H-pyrrole nitrogens is 1. The number of aromatic nitrogens is 2. The maximum Gasteiger partial charge on any atom is 0.0924 e. The molecule has 1 atom stereocenters. The standard InChI is InChI=1S/C17H25N3O/c1-13(21)10-17(2,3)12-18-11-15-9-16(20-19-15)14-7-5-4-6-8-14/h4-9,13,18,21H,10-12H2,1-3H3,(H,19,20). The molecule has 21 heavy (non-hydrogen) atoms. The maximum absolute atomic E-state index is 9.49. The molecule has 4 heteroatoms. The smallest absolute Gasteiger partial charge is 0.0924 e. The Hall–Kier alpha value is -1.65. The van der Waals surface area contributed by atoms with Crippen LogP contribution in [-0.4, -0.2) is 28.0 Å². The summed E-state index contributed by atoms with van der Waals surface area (Å²) in [6.45, 7) is 7.77. The fraction of sp³-hybridized carbons (Fsp3) is 0.471. The van der Waals surface area contributed by atoms with Crippen LogP contribution in [0.1, 0.15) is 32.9 Å². The van der Waals surface area contributed by atoms with Crippen LogP contribution in [0.5, 0.6) is 0 Å². The zero-order chi connectivity index (χ0) is 15.3. The van der Waals surface area contributed by atoms with Gasteiger partial charge in [-0.3, -0.25) is 5.10 Å². The Morgan fingerprint density at radius 2 is 2.00 bits per heavy atom. The molecule has 0 aliphatic rings. The summed E-state index contributed by atoms with van der Waals surface area (Å²) in [6.07, 6.45) is 0.525. The first-order valence-electron chi connectivity index (χ1n) is 7.45. The Bertz CT molecular complexity index is 546. The summed E-state index contributed by atoms with van der Waals surface area (Å²) >= 11 is 0. The molecule has 4 nitrogen and oxygen atoms in total. The Morgan fingerprint density at radius 3 is 2.67 bits per heavy atom. The third-order valence-corrected chi connectivity index (χ3v) is 3.47. The summed E-state index contributed by atoms with van der Waals surface area (Å²) in [6, 6.07) is 12.2. The first-order valence-corrected chi connectivity index (χ1v) is 7.45. The lowest BCUT2D eigenvalue weighted by Gasteiger charge is -2.26. The summed E-state index contributed by atoms with van der Waals surface area (Å²) in [5, 5.41) is 20.3. The van der Waals surface area contributed by atoms with Crippen molar-refractivity contribution >= 4 is 0 Å². The van der Waals surface area contributed by atoms with Crippen LogP contribution >= 0.6 is 0 Å². The van der Waals surface area contributed by atoms with Gasteiger partial charge < -0.3 is 10.4 Å². The molecule has 2 aromatic rings. The van der Waals surface area contributed by atoms with Crippen LogP contribution in [0.2, 0.25) is 0 Å². The van der Waals surface area contributed by atoms with E-state index in [0.717, 1.165) is 36.5 Å². The van der Waals surface area contributed by atoms with E-state index in [4.69, 9.17) is 0 Å². The van der Waals surface area contributed by atoms with Crippen molar-refractivity contribution < 1.29 is 5.11 Å². The third kappa shape index (κ3) is 4.99. The second-order valence-electron chi connectivity index (χ2n) is 6.47. The molecule has 3 N–H and O–H groups in total. The average molecular weight is 287 g/mol. The Morgan fingerprint density at radius 1 is 1.29 bits per heavy atom. The van der Waals surface area contributed by atoms with Crippen LogP contribution in [-0.2, 0) is 6.54 Å². The zero-order valence-corrected chi connectivity index (χ0v) is 13.1. The first-order chi connectivity index (χ1) is 9.96. The topological polar surface area (TPSA) is 60.9 Å². The molecule has 1 heterocycles. The predicted octanol–water partition coefficient (Wildman–Crippen LogP) is 2.96. The quantitative estimate of drug-likeness (QED) is 0.733. The van der Waals surface area contributed by atoms with Crippen molar-refractivity contribution in [1.82, 2.24) is 15.5 Å². The second-order valence-corrected chi connectivity index (χ2v) is 6.47. The molecule has 0 saturated heterocycles. The van der Waals surface area contributed by atoms with Crippen molar-refractivity contribution in [2.75, 3.05) is 6.54 Å². The minimum Gasteiger partial charge on any atom is -0.393 e. The number of hydrogen-bond donors (Lipinski definition) is 3. The van der Waals surface area contributed by atoms with Crippen molar-refractivity contribution in [3.8, 4) is 11.3 Å². The molecule has 114 valence electrons. The minimum atomic E-state index is -0.265. The van der Waals surface area contributed by atoms with Crippen molar-refractivity contribution in [3.63, 3.8) is 0 Å². The highest BCUT2D eigenvalue weighted by Crippen LogP contribution is 2.21. The molecule has 0 fully saturated rings. The van der Waals surface area contributed by atoms with E-state index >= 15 is 0 Å². The second kappa shape index (κ2) is 6.87. The summed E-state index contributed by atoms with van der Waals surface area (Å²) in [5.41, 5.74) is 3.24. The fourth-order valence-corrected chi connectivity index (χ4v) is 2.62. The number of rotatable bonds is 7. The zero-order valence-electron chi connectivity index (χ0n) is 13.1. The Balaban J connectivity index is 1.86. The Kier molecular flexibility index (Phi) is 5.15. The van der Waals surface area contributed by atoms with Crippen molar-refractivity contribution in [2.45, 2.75) is 39.8 Å². The van der Waals surface area contributed by atoms with Crippen molar-refractivity contribution in [2.24, 2.45) is 5.41 Å². The highest BCUT2D eigenvalue weighted by molar-refractivity contribution is 5.58. The van der Waals surface area contributed by atoms with Crippen LogP contribution < -0.4 is 5.32 Å². The molecule has 0 bridgehead atoms. The van der Waals surface area contributed by atoms with Gasteiger partial charge in [0, 0.05) is 24.3 Å². The van der Waals surface area contributed by atoms with Gasteiger partial charge in [-0.15, -0.1) is 0 Å². The minimum absolute atomic E-state index is 0.0798. The lowest BCUT2D eigenvalue weighted by atomic mass is 9.87. The van der Waals surface area contributed by atoms with E-state index in [1.807, 2.05) is 25.1 Å². The van der Waals surface area contributed by atoms with Crippen molar-refractivity contribution in [1.29, 1.82) is 0 Å². The van der Waals surface area contributed by atoms with Gasteiger partial charge in [-0.05, 0) is 24.8 Å². The van der Waals surface area contributed by atoms with E-state index in [0.29, 0.717) is 0 Å². The van der Waals surface area contributed by atoms with Gasteiger partial charge >= 0.3 is 0 Å². The fourth-order valence-electron chi connectivity index (χ4n) is 2.62. The number of aliphatic hydroxyl groups excluding tert-OH is 1. The van der Waals surface area contributed by atoms with Crippen LogP contribution in [0.15, 0.2) is 36.4 Å². The number of nitrogens with one attached hydrogen (secondary N) is 2. The molecule has 2 rings (SSSR count). The molecular formula is C17H25N3O. The van der Waals surface area contributed by atoms with Crippen LogP contribution in [0.25, 0.3) is 11.3 Å². The van der Waals surface area contributed by atoms with Gasteiger partial charge in [-0.25, -0.2) is 0 Å². The summed E-state index contributed by atoms with van der Waals surface area (Å²) in [7, 11) is 0. The molecule has 0 aliphatic heterocycles. The first kappa shape index (κ1) is 15.7. The van der Waals surface area contributed by atoms with Gasteiger partial charge in [0.2, 0.25) is 0 Å². The van der Waals surface area contributed by atoms with Gasteiger partial charge in [0.25, 0.3) is 0 Å². The summed E-state index contributed by atoms with van der Waals surface area (Å²) < 4.78 is 0. The number of benzene rings is 1. The van der Waals surface area contributed by atoms with E-state index in [2.05, 4.69) is 47.6 Å². The molecule has 1 aromatic carbocycles. The normalized spacial score (nSPS) is 13.3. The number of aromatic amines is 1. The molecule has 0 saturated carbocycles. The average Bonchev–Trinajstić information content (AvgIpc) is 2.87. The van der Waals surface area contributed by atoms with E-state index in [1.54, 1.807) is 0 Å². The summed E-state index contributed by atoms with van der Waals surface area (Å²) in [5.74, 6) is 0. The number of aliphatic hydroxyl groups is 1. The van der Waals surface area contributed by atoms with Crippen molar-refractivity contribution in [3.05, 3.63) is 42.1 Å². The van der Waals surface area contributed by atoms with E-state index < -0.39 is 0 Å². The van der Waals surface area contributed by atoms with Gasteiger partial charge in [0.05, 0.1) is 11.8 Å². The lowest BCUT2D eigenvalue weighted by Crippen LogP contribution is -2.31. The van der Waals surface area contributed by atoms with Gasteiger partial charge in [-0.1, -0.05) is 44.2 Å². The van der Waals surface area contributed by atoms with Gasteiger partial charge in [-0.2, -0.15) is 5.10 Å². The maximum atomic E-state index is 9.49. The van der Waals surface area contributed by atoms with Gasteiger partial charge in [0.15, 0.2) is 0 Å². The molecule has 1 aromatic heterocycles. The molecule has 0 spiro atoms. The number of hydrogen-bond acceptors (Lipinski definition) is 3. The van der Waals surface area contributed by atoms with E-state index in [1.165, 1.54) is 0 Å². The van der Waals surface area contributed by atoms with Gasteiger partial charge in [0.1, 0.15) is 0 Å². The predicted molar refractivity (Wildman–Crippen MR) is 85.8 cm³/mol. The van der Waals surface area contributed by atoms with Crippen LogP contribution in [0, 0.1) is 5.41 Å². The Labute approximate surface area is 126 Å². The molecule has 1 unspecified atom stereocenters. The lowest BCUT2D eigenvalue weighted by molar-refractivity contribution is 0.128. The molecule has 0 radical (unpaired) electrons. The molecular weight excluding hydrogens is 262 g/mol. The monoisotopic (exact) mass is 287 g/mol. The highest BCUT2D eigenvalue weighted by atomic mass is 16.3. The molecule has 0 amide bonds. The van der Waals surface area contributed by atoms with E-state index in [-0.39, 0.29) is 11.5 Å². The summed E-state index contributed by atoms with van der Waals surface area (Å²) in [4.78, 5) is 0. The van der Waals surface area contributed by atoms with Crippen LogP contribution in [0.3, 0.4) is 0 Å². The SMILES string of the molecule is CC(O)CC(C)(C)CNCc1cc(-c2ccccc2)n[nH]1. The largest absolute Gasteiger partial charge is 0.393 e. The van der Waals surface area contributed by atoms with E-state index in [9.17, 15) is 5.11 Å². The van der Waals surface area contributed by atoms with Crippen LogP contribution in [0.4, 0.5) is 0 Å². The third-order valence-electron chi connectivity index (χ3n) is 3.47.